The van der Waals surface area contributed by atoms with Gasteiger partial charge in [-0.25, -0.2) is 9.59 Å². The predicted octanol–water partition coefficient (Wildman–Crippen LogP) is 2.37. The van der Waals surface area contributed by atoms with Crippen LogP contribution in [0.25, 0.3) is 0 Å². The molecule has 2 aromatic carbocycles. The number of carbonyl (C=O) groups is 3. The molecule has 8 heteroatoms. The monoisotopic (exact) mass is 414 g/mol. The van der Waals surface area contributed by atoms with Gasteiger partial charge in [-0.05, 0) is 24.3 Å². The number of methoxy groups -OCH3 is 1. The summed E-state index contributed by atoms with van der Waals surface area (Å²) < 4.78 is 27.2. The van der Waals surface area contributed by atoms with Crippen molar-refractivity contribution < 1.29 is 38.1 Å². The van der Waals surface area contributed by atoms with Crippen LogP contribution in [0.5, 0.6) is 0 Å². The lowest BCUT2D eigenvalue weighted by Gasteiger charge is -2.23. The van der Waals surface area contributed by atoms with Crippen LogP contribution in [-0.2, 0) is 28.5 Å². The first kappa shape index (κ1) is 21.5. The van der Waals surface area contributed by atoms with Gasteiger partial charge in [-0.3, -0.25) is 4.79 Å². The lowest BCUT2D eigenvalue weighted by Crippen LogP contribution is -2.42. The summed E-state index contributed by atoms with van der Waals surface area (Å²) in [5.41, 5.74) is 0.611. The van der Waals surface area contributed by atoms with Gasteiger partial charge in [0.15, 0.2) is 6.10 Å². The Morgan fingerprint density at radius 1 is 0.800 bits per heavy atom. The summed E-state index contributed by atoms with van der Waals surface area (Å²) in [5, 5.41) is 0. The number of hydrogen-bond donors (Lipinski definition) is 0. The van der Waals surface area contributed by atoms with Crippen molar-refractivity contribution in [2.24, 2.45) is 0 Å². The van der Waals surface area contributed by atoms with Crippen molar-refractivity contribution in [2.75, 3.05) is 13.7 Å². The molecule has 4 atom stereocenters. The highest BCUT2D eigenvalue weighted by Crippen LogP contribution is 2.29. The van der Waals surface area contributed by atoms with Gasteiger partial charge in [-0.1, -0.05) is 36.4 Å². The molecule has 8 nitrogen and oxygen atoms in total. The van der Waals surface area contributed by atoms with Gasteiger partial charge in [0.25, 0.3) is 0 Å². The molecule has 0 N–H and O–H groups in total. The van der Waals surface area contributed by atoms with Crippen molar-refractivity contribution >= 4 is 17.9 Å². The predicted molar refractivity (Wildman–Crippen MR) is 104 cm³/mol. The standard InChI is InChI=1S/C22H22O8/c1-14(23)27-22-19(30-21(25)16-11-7-4-8-12-16)18(17(28-22)13-26-2)29-20(24)15-9-5-3-6-10-15/h3-12,17-19,22H,13H2,1-2H3/t17-,18+,19+,22+/m0/s1. The third kappa shape index (κ3) is 5.22. The Kier molecular flexibility index (Phi) is 7.16. The van der Waals surface area contributed by atoms with Crippen molar-refractivity contribution in [2.45, 2.75) is 31.5 Å². The molecule has 0 radical (unpaired) electrons. The quantitative estimate of drug-likeness (QED) is 0.503. The molecule has 30 heavy (non-hydrogen) atoms. The Morgan fingerprint density at radius 3 is 1.77 bits per heavy atom. The molecule has 0 aromatic heterocycles. The van der Waals surface area contributed by atoms with Crippen LogP contribution in [0, 0.1) is 0 Å². The minimum Gasteiger partial charge on any atom is -0.452 e. The van der Waals surface area contributed by atoms with Crippen LogP contribution in [0.4, 0.5) is 0 Å². The fourth-order valence-electron chi connectivity index (χ4n) is 3.05. The molecule has 3 rings (SSSR count). The number of hydrogen-bond acceptors (Lipinski definition) is 8. The van der Waals surface area contributed by atoms with E-state index in [9.17, 15) is 14.4 Å². The van der Waals surface area contributed by atoms with Gasteiger partial charge in [0.1, 0.15) is 6.10 Å². The molecular formula is C22H22O8. The molecule has 1 heterocycles. The van der Waals surface area contributed by atoms with Crippen molar-refractivity contribution in [3.63, 3.8) is 0 Å². The Bertz CT molecular complexity index is 867. The van der Waals surface area contributed by atoms with Gasteiger partial charge in [-0.15, -0.1) is 0 Å². The first-order valence-corrected chi connectivity index (χ1v) is 9.33. The summed E-state index contributed by atoms with van der Waals surface area (Å²) in [6.45, 7) is 1.23. The van der Waals surface area contributed by atoms with Gasteiger partial charge >= 0.3 is 17.9 Å². The Labute approximate surface area is 173 Å². The van der Waals surface area contributed by atoms with Crippen LogP contribution in [0.2, 0.25) is 0 Å². The molecule has 0 bridgehead atoms. The highest BCUT2D eigenvalue weighted by Gasteiger charge is 2.51. The van der Waals surface area contributed by atoms with Crippen LogP contribution in [0.3, 0.4) is 0 Å². The SMILES string of the molecule is COC[C@@H]1O[C@@H](OC(C)=O)[C@H](OC(=O)c2ccccc2)[C@@H]1OC(=O)c1ccccc1. The maximum atomic E-state index is 12.6. The number of ether oxygens (including phenoxy) is 5. The highest BCUT2D eigenvalue weighted by molar-refractivity contribution is 5.90. The maximum Gasteiger partial charge on any atom is 0.338 e. The normalized spacial score (nSPS) is 22.9. The number of esters is 3. The minimum absolute atomic E-state index is 0.0316. The van der Waals surface area contributed by atoms with E-state index in [4.69, 9.17) is 23.7 Å². The van der Waals surface area contributed by atoms with E-state index in [2.05, 4.69) is 0 Å². The summed E-state index contributed by atoms with van der Waals surface area (Å²) in [6.07, 6.45) is -4.27. The molecule has 0 amide bonds. The van der Waals surface area contributed by atoms with Gasteiger partial charge in [0.05, 0.1) is 17.7 Å². The van der Waals surface area contributed by atoms with E-state index in [0.29, 0.717) is 11.1 Å². The van der Waals surface area contributed by atoms with Crippen LogP contribution < -0.4 is 0 Å². The fraction of sp³-hybridized carbons (Fsp3) is 0.318. The smallest absolute Gasteiger partial charge is 0.338 e. The van der Waals surface area contributed by atoms with E-state index < -0.39 is 42.5 Å². The van der Waals surface area contributed by atoms with Gasteiger partial charge in [0, 0.05) is 14.0 Å². The largest absolute Gasteiger partial charge is 0.452 e. The lowest BCUT2D eigenvalue weighted by atomic mass is 10.1. The molecule has 2 aromatic rings. The van der Waals surface area contributed by atoms with E-state index >= 15 is 0 Å². The summed E-state index contributed by atoms with van der Waals surface area (Å²) in [4.78, 5) is 36.8. The van der Waals surface area contributed by atoms with Crippen molar-refractivity contribution in [1.29, 1.82) is 0 Å². The average molecular weight is 414 g/mol. The first-order chi connectivity index (χ1) is 14.5. The summed E-state index contributed by atoms with van der Waals surface area (Å²) in [7, 11) is 1.45. The van der Waals surface area contributed by atoms with E-state index in [1.165, 1.54) is 14.0 Å². The summed E-state index contributed by atoms with van der Waals surface area (Å²) in [5.74, 6) is -1.93. The molecule has 1 aliphatic rings. The molecule has 0 spiro atoms. The molecule has 0 unspecified atom stereocenters. The molecule has 158 valence electrons. The average Bonchev–Trinajstić information content (AvgIpc) is 3.04. The van der Waals surface area contributed by atoms with Crippen LogP contribution in [0.15, 0.2) is 60.7 Å². The molecule has 0 saturated carbocycles. The number of rotatable bonds is 7. The highest BCUT2D eigenvalue weighted by atomic mass is 16.8. The molecule has 1 saturated heterocycles. The van der Waals surface area contributed by atoms with Gasteiger partial charge in [-0.2, -0.15) is 0 Å². The summed E-state index contributed by atoms with van der Waals surface area (Å²) in [6, 6.07) is 16.6. The Morgan fingerprint density at radius 2 is 1.30 bits per heavy atom. The number of carbonyl (C=O) groups excluding carboxylic acids is 3. The minimum atomic E-state index is -1.25. The third-order valence-electron chi connectivity index (χ3n) is 4.39. The fourth-order valence-corrected chi connectivity index (χ4v) is 3.05. The van der Waals surface area contributed by atoms with Crippen LogP contribution in [-0.4, -0.2) is 56.2 Å². The molecular weight excluding hydrogens is 392 g/mol. The third-order valence-corrected chi connectivity index (χ3v) is 4.39. The lowest BCUT2D eigenvalue weighted by molar-refractivity contribution is -0.188. The zero-order valence-electron chi connectivity index (χ0n) is 16.6. The zero-order chi connectivity index (χ0) is 21.5. The van der Waals surface area contributed by atoms with Gasteiger partial charge < -0.3 is 23.7 Å². The first-order valence-electron chi connectivity index (χ1n) is 9.33. The topological polar surface area (TPSA) is 97.4 Å². The second-order valence-electron chi connectivity index (χ2n) is 6.58. The van der Waals surface area contributed by atoms with E-state index in [1.807, 2.05) is 0 Å². The number of benzene rings is 2. The molecule has 0 aliphatic carbocycles. The van der Waals surface area contributed by atoms with Crippen LogP contribution >= 0.6 is 0 Å². The van der Waals surface area contributed by atoms with Crippen molar-refractivity contribution in [3.05, 3.63) is 71.8 Å². The Balaban J connectivity index is 1.85. The maximum absolute atomic E-state index is 12.6. The second-order valence-corrected chi connectivity index (χ2v) is 6.58. The van der Waals surface area contributed by atoms with E-state index in [1.54, 1.807) is 60.7 Å². The zero-order valence-corrected chi connectivity index (χ0v) is 16.6. The van der Waals surface area contributed by atoms with Crippen molar-refractivity contribution in [1.82, 2.24) is 0 Å². The van der Waals surface area contributed by atoms with Gasteiger partial charge in [0.2, 0.25) is 12.4 Å². The Hall–Kier alpha value is -3.23. The molecule has 1 aliphatic heterocycles. The molecule has 1 fully saturated rings. The van der Waals surface area contributed by atoms with Crippen molar-refractivity contribution in [3.8, 4) is 0 Å². The summed E-state index contributed by atoms with van der Waals surface area (Å²) >= 11 is 0. The van der Waals surface area contributed by atoms with E-state index in [0.717, 1.165) is 0 Å². The second kappa shape index (κ2) is 10.00. The van der Waals surface area contributed by atoms with Crippen LogP contribution in [0.1, 0.15) is 27.6 Å². The van der Waals surface area contributed by atoms with E-state index in [-0.39, 0.29) is 6.61 Å².